The number of anilines is 1. The van der Waals surface area contributed by atoms with E-state index < -0.39 is 20.0 Å². The Morgan fingerprint density at radius 2 is 1.60 bits per heavy atom. The van der Waals surface area contributed by atoms with Gasteiger partial charge in [0.05, 0.1) is 5.56 Å². The van der Waals surface area contributed by atoms with Crippen LogP contribution in [0.4, 0.5) is 18.9 Å². The van der Waals surface area contributed by atoms with Crippen LogP contribution >= 0.6 is 0 Å². The van der Waals surface area contributed by atoms with Gasteiger partial charge in [0.25, 0.3) is 0 Å². The van der Waals surface area contributed by atoms with E-state index in [0.717, 1.165) is 32.2 Å². The number of rotatable bonds is 2. The number of benzene rings is 1. The van der Waals surface area contributed by atoms with Crippen molar-refractivity contribution in [1.29, 1.82) is 0 Å². The Morgan fingerprint density at radius 3 is 2.10 bits per heavy atom. The van der Waals surface area contributed by atoms with Crippen molar-refractivity contribution in [2.45, 2.75) is 25.8 Å². The lowest BCUT2D eigenvalue weighted by Gasteiger charge is -2.42. The van der Waals surface area contributed by atoms with Gasteiger partial charge in [-0.05, 0) is 18.2 Å². The minimum atomic E-state index is -4.27. The minimum absolute atomic E-state index is 0.567. The molecule has 0 aromatic heterocycles. The molecule has 1 heterocycles. The van der Waals surface area contributed by atoms with E-state index in [9.17, 15) is 13.2 Å². The average Bonchev–Trinajstić information content (AvgIpc) is 2.37. The molecule has 1 aromatic carbocycles. The van der Waals surface area contributed by atoms with Gasteiger partial charge in [0.15, 0.2) is 0 Å². The third-order valence-corrected chi connectivity index (χ3v) is 6.11. The van der Waals surface area contributed by atoms with Crippen molar-refractivity contribution in [2.24, 2.45) is 0 Å². The van der Waals surface area contributed by atoms with Gasteiger partial charge in [-0.2, -0.15) is 13.2 Å². The molecule has 1 aliphatic rings. The summed E-state index contributed by atoms with van der Waals surface area (Å²) in [6.45, 7) is 10.4. The van der Waals surface area contributed by atoms with Crippen LogP contribution in [0.3, 0.4) is 0 Å². The molecule has 6 heteroatoms. The van der Waals surface area contributed by atoms with Crippen molar-refractivity contribution in [3.63, 3.8) is 0 Å². The maximum atomic E-state index is 12.7. The molecule has 2 nitrogen and oxygen atoms in total. The molecule has 1 aromatic rings. The van der Waals surface area contributed by atoms with Gasteiger partial charge < -0.3 is 9.47 Å². The number of nitrogens with zero attached hydrogens (tertiary/aromatic N) is 2. The van der Waals surface area contributed by atoms with Crippen LogP contribution in [0.15, 0.2) is 24.3 Å². The topological polar surface area (TPSA) is 6.48 Å². The summed E-state index contributed by atoms with van der Waals surface area (Å²) in [6, 6.07) is 5.63. The summed E-state index contributed by atoms with van der Waals surface area (Å²) in [6.07, 6.45) is -4.27. The summed E-state index contributed by atoms with van der Waals surface area (Å²) >= 11 is 0. The van der Waals surface area contributed by atoms with E-state index >= 15 is 0 Å². The van der Waals surface area contributed by atoms with Gasteiger partial charge in [-0.3, -0.25) is 0 Å². The van der Waals surface area contributed by atoms with Crippen LogP contribution in [0.25, 0.3) is 0 Å². The summed E-state index contributed by atoms with van der Waals surface area (Å²) in [5, 5.41) is 0. The zero-order valence-corrected chi connectivity index (χ0v) is 13.2. The van der Waals surface area contributed by atoms with Crippen LogP contribution in [-0.4, -0.2) is 39.0 Å². The summed E-state index contributed by atoms with van der Waals surface area (Å²) in [7, 11) is -1.30. The highest BCUT2D eigenvalue weighted by atomic mass is 28.3. The molecule has 2 rings (SSSR count). The molecule has 112 valence electrons. The first-order valence-electron chi connectivity index (χ1n) is 6.85. The zero-order valence-electron chi connectivity index (χ0n) is 12.2. The third kappa shape index (κ3) is 3.55. The Labute approximate surface area is 119 Å². The summed E-state index contributed by atoms with van der Waals surface area (Å²) < 4.78 is 40.7. The second-order valence-corrected chi connectivity index (χ2v) is 11.2. The van der Waals surface area contributed by atoms with E-state index in [2.05, 4.69) is 24.2 Å². The van der Waals surface area contributed by atoms with E-state index in [1.165, 1.54) is 12.1 Å². The van der Waals surface area contributed by atoms with E-state index in [4.69, 9.17) is 0 Å². The molecule has 1 aliphatic heterocycles. The van der Waals surface area contributed by atoms with E-state index in [1.54, 1.807) is 6.07 Å². The molecular weight excluding hydrogens is 281 g/mol. The summed E-state index contributed by atoms with van der Waals surface area (Å²) in [5.74, 6) is 0. The Kier molecular flexibility index (Phi) is 4.16. The second kappa shape index (κ2) is 5.41. The molecule has 0 unspecified atom stereocenters. The molecule has 1 saturated heterocycles. The molecular formula is C14H21F3N2Si. The molecule has 0 radical (unpaired) electrons. The lowest BCUT2D eigenvalue weighted by molar-refractivity contribution is -0.137. The zero-order chi connectivity index (χ0) is 15.0. The SMILES string of the molecule is C[Si](C)(C)N1CCN(c2cccc(C(F)(F)F)c2)CC1. The fourth-order valence-corrected chi connectivity index (χ4v) is 4.06. The van der Waals surface area contributed by atoms with Crippen LogP contribution in [0.1, 0.15) is 5.56 Å². The van der Waals surface area contributed by atoms with Crippen LogP contribution in [0, 0.1) is 0 Å². The van der Waals surface area contributed by atoms with E-state index in [1.807, 2.05) is 4.90 Å². The summed E-state index contributed by atoms with van der Waals surface area (Å²) in [5.41, 5.74) is 0.109. The van der Waals surface area contributed by atoms with Crippen LogP contribution in [-0.2, 0) is 6.18 Å². The Bertz CT molecular complexity index is 460. The molecule has 0 aliphatic carbocycles. The normalized spacial score (nSPS) is 18.4. The maximum absolute atomic E-state index is 12.7. The van der Waals surface area contributed by atoms with Gasteiger partial charge in [-0.25, -0.2) is 0 Å². The van der Waals surface area contributed by atoms with E-state index in [-0.39, 0.29) is 0 Å². The molecule has 0 atom stereocenters. The quantitative estimate of drug-likeness (QED) is 0.769. The molecule has 0 N–H and O–H groups in total. The Hall–Kier alpha value is -1.01. The number of piperazine rings is 1. The van der Waals surface area contributed by atoms with Gasteiger partial charge in [0.1, 0.15) is 8.24 Å². The lowest BCUT2D eigenvalue weighted by Crippen LogP contribution is -2.56. The van der Waals surface area contributed by atoms with Crippen molar-refractivity contribution in [1.82, 2.24) is 4.57 Å². The molecule has 0 amide bonds. The first-order valence-corrected chi connectivity index (χ1v) is 10.3. The van der Waals surface area contributed by atoms with Crippen molar-refractivity contribution >= 4 is 13.9 Å². The first-order chi connectivity index (χ1) is 9.18. The number of hydrogen-bond acceptors (Lipinski definition) is 2. The van der Waals surface area contributed by atoms with Crippen molar-refractivity contribution in [2.75, 3.05) is 31.1 Å². The molecule has 0 bridgehead atoms. The third-order valence-electron chi connectivity index (χ3n) is 3.77. The second-order valence-electron chi connectivity index (χ2n) is 6.19. The van der Waals surface area contributed by atoms with Crippen LogP contribution in [0.5, 0.6) is 0 Å². The number of hydrogen-bond donors (Lipinski definition) is 0. The predicted molar refractivity (Wildman–Crippen MR) is 78.6 cm³/mol. The summed E-state index contributed by atoms with van der Waals surface area (Å²) in [4.78, 5) is 2.05. The molecule has 20 heavy (non-hydrogen) atoms. The van der Waals surface area contributed by atoms with Crippen molar-refractivity contribution in [3.8, 4) is 0 Å². The lowest BCUT2D eigenvalue weighted by atomic mass is 10.1. The van der Waals surface area contributed by atoms with Gasteiger partial charge >= 0.3 is 6.18 Å². The smallest absolute Gasteiger partial charge is 0.369 e. The first kappa shape index (κ1) is 15.4. The van der Waals surface area contributed by atoms with Gasteiger partial charge in [0, 0.05) is 31.9 Å². The Morgan fingerprint density at radius 1 is 1.00 bits per heavy atom. The standard InChI is InChI=1S/C14H21F3N2Si/c1-20(2,3)19-9-7-18(8-10-19)13-6-4-5-12(11-13)14(15,16)17/h4-6,11H,7-10H2,1-3H3. The molecule has 1 fully saturated rings. The highest BCUT2D eigenvalue weighted by molar-refractivity contribution is 6.73. The van der Waals surface area contributed by atoms with Crippen LogP contribution < -0.4 is 4.90 Å². The Balaban J connectivity index is 2.08. The average molecular weight is 302 g/mol. The highest BCUT2D eigenvalue weighted by Gasteiger charge is 2.32. The fourth-order valence-electron chi connectivity index (χ4n) is 2.51. The van der Waals surface area contributed by atoms with Gasteiger partial charge in [0.2, 0.25) is 0 Å². The monoisotopic (exact) mass is 302 g/mol. The van der Waals surface area contributed by atoms with E-state index in [0.29, 0.717) is 5.69 Å². The molecule has 0 spiro atoms. The van der Waals surface area contributed by atoms with Crippen molar-refractivity contribution < 1.29 is 13.2 Å². The predicted octanol–water partition coefficient (Wildman–Crippen LogP) is 3.66. The minimum Gasteiger partial charge on any atom is -0.369 e. The van der Waals surface area contributed by atoms with Gasteiger partial charge in [-0.15, -0.1) is 0 Å². The van der Waals surface area contributed by atoms with Crippen LogP contribution in [0.2, 0.25) is 19.6 Å². The number of halogens is 3. The highest BCUT2D eigenvalue weighted by Crippen LogP contribution is 2.32. The van der Waals surface area contributed by atoms with Crippen molar-refractivity contribution in [3.05, 3.63) is 29.8 Å². The number of alkyl halides is 3. The fraction of sp³-hybridized carbons (Fsp3) is 0.571. The largest absolute Gasteiger partial charge is 0.416 e. The molecule has 0 saturated carbocycles. The maximum Gasteiger partial charge on any atom is 0.416 e. The van der Waals surface area contributed by atoms with Gasteiger partial charge in [-0.1, -0.05) is 25.7 Å².